The fourth-order valence-electron chi connectivity index (χ4n) is 3.55. The van der Waals surface area contributed by atoms with Crippen LogP contribution < -0.4 is 9.47 Å². The molecule has 4 nitrogen and oxygen atoms in total. The molecule has 3 rings (SSSR count). The van der Waals surface area contributed by atoms with Crippen LogP contribution in [0.15, 0.2) is 36.4 Å². The molecular weight excluding hydrogens is 302 g/mol. The lowest BCUT2D eigenvalue weighted by atomic mass is 9.97. The summed E-state index contributed by atoms with van der Waals surface area (Å²) in [7, 11) is 1.65. The second-order valence-electron chi connectivity index (χ2n) is 6.59. The maximum Gasteiger partial charge on any atom is 0.260 e. The molecule has 1 heterocycles. The fourth-order valence-corrected chi connectivity index (χ4v) is 3.55. The van der Waals surface area contributed by atoms with E-state index in [2.05, 4.69) is 13.8 Å². The first kappa shape index (κ1) is 16.6. The number of ether oxygens (including phenoxy) is 2. The minimum absolute atomic E-state index is 0.0699. The number of carbonyl (C=O) groups excluding carboxylic acids is 1. The smallest absolute Gasteiger partial charge is 0.260 e. The van der Waals surface area contributed by atoms with Crippen molar-refractivity contribution in [1.82, 2.24) is 4.90 Å². The number of methoxy groups -OCH3 is 1. The molecule has 0 aliphatic carbocycles. The van der Waals surface area contributed by atoms with Crippen molar-refractivity contribution in [2.45, 2.75) is 45.2 Å². The molecule has 0 radical (unpaired) electrons. The van der Waals surface area contributed by atoms with Crippen molar-refractivity contribution in [1.29, 1.82) is 0 Å². The van der Waals surface area contributed by atoms with E-state index in [1.165, 1.54) is 6.42 Å². The van der Waals surface area contributed by atoms with Gasteiger partial charge in [0.1, 0.15) is 11.5 Å². The molecule has 4 heteroatoms. The molecule has 0 saturated carbocycles. The van der Waals surface area contributed by atoms with E-state index < -0.39 is 0 Å². The minimum Gasteiger partial charge on any atom is -0.497 e. The molecule has 1 aliphatic heterocycles. The Hall–Kier alpha value is -2.23. The largest absolute Gasteiger partial charge is 0.497 e. The van der Waals surface area contributed by atoms with Crippen molar-refractivity contribution in [3.8, 4) is 11.5 Å². The lowest BCUT2D eigenvalue weighted by Gasteiger charge is -2.38. The molecule has 0 spiro atoms. The zero-order chi connectivity index (χ0) is 17.1. The fraction of sp³-hybridized carbons (Fsp3) is 0.450. The Balaban J connectivity index is 1.69. The average molecular weight is 327 g/mol. The Bertz CT molecular complexity index is 718. The third-order valence-corrected chi connectivity index (χ3v) is 4.86. The zero-order valence-electron chi connectivity index (χ0n) is 14.6. The van der Waals surface area contributed by atoms with Gasteiger partial charge < -0.3 is 14.4 Å². The van der Waals surface area contributed by atoms with Gasteiger partial charge in [0.15, 0.2) is 6.61 Å². The molecule has 24 heavy (non-hydrogen) atoms. The van der Waals surface area contributed by atoms with E-state index in [4.69, 9.17) is 9.47 Å². The van der Waals surface area contributed by atoms with Gasteiger partial charge in [-0.2, -0.15) is 0 Å². The highest BCUT2D eigenvalue weighted by Crippen LogP contribution is 2.26. The van der Waals surface area contributed by atoms with E-state index in [0.29, 0.717) is 17.8 Å². The van der Waals surface area contributed by atoms with E-state index in [9.17, 15) is 4.79 Å². The van der Waals surface area contributed by atoms with Crippen LogP contribution in [-0.4, -0.2) is 36.6 Å². The summed E-state index contributed by atoms with van der Waals surface area (Å²) in [6.45, 7) is 4.33. The van der Waals surface area contributed by atoms with Crippen LogP contribution in [0.4, 0.5) is 0 Å². The molecule has 0 aromatic heterocycles. The van der Waals surface area contributed by atoms with Gasteiger partial charge in [-0.15, -0.1) is 0 Å². The first-order valence-electron chi connectivity index (χ1n) is 8.60. The Kier molecular flexibility index (Phi) is 4.93. The molecule has 1 saturated heterocycles. The van der Waals surface area contributed by atoms with Crippen molar-refractivity contribution in [2.24, 2.45) is 0 Å². The molecule has 2 aromatic rings. The van der Waals surface area contributed by atoms with Gasteiger partial charge >= 0.3 is 0 Å². The van der Waals surface area contributed by atoms with Crippen LogP contribution in [0.2, 0.25) is 0 Å². The molecule has 0 bridgehead atoms. The number of amides is 1. The van der Waals surface area contributed by atoms with Crippen molar-refractivity contribution < 1.29 is 14.3 Å². The molecule has 0 unspecified atom stereocenters. The summed E-state index contributed by atoms with van der Waals surface area (Å²) in [6, 6.07) is 12.4. The van der Waals surface area contributed by atoms with E-state index in [1.807, 2.05) is 41.3 Å². The summed E-state index contributed by atoms with van der Waals surface area (Å²) < 4.78 is 11.0. The van der Waals surface area contributed by atoms with Gasteiger partial charge in [-0.25, -0.2) is 0 Å². The second-order valence-corrected chi connectivity index (χ2v) is 6.59. The van der Waals surface area contributed by atoms with Crippen molar-refractivity contribution in [3.63, 3.8) is 0 Å². The Morgan fingerprint density at radius 2 is 1.67 bits per heavy atom. The number of nitrogens with zero attached hydrogens (tertiary/aromatic N) is 1. The summed E-state index contributed by atoms with van der Waals surface area (Å²) in [5, 5.41) is 2.16. The summed E-state index contributed by atoms with van der Waals surface area (Å²) in [6.07, 6.45) is 3.34. The number of benzene rings is 2. The summed E-state index contributed by atoms with van der Waals surface area (Å²) >= 11 is 0. The number of likely N-dealkylation sites (tertiary alicyclic amines) is 1. The molecular formula is C20H25NO3. The maximum absolute atomic E-state index is 12.5. The first-order chi connectivity index (χ1) is 11.6. The summed E-state index contributed by atoms with van der Waals surface area (Å²) in [5.41, 5.74) is 0. The Morgan fingerprint density at radius 3 is 2.33 bits per heavy atom. The van der Waals surface area contributed by atoms with Crippen molar-refractivity contribution in [3.05, 3.63) is 36.4 Å². The number of hydrogen-bond acceptors (Lipinski definition) is 3. The minimum atomic E-state index is 0.0699. The number of rotatable bonds is 4. The summed E-state index contributed by atoms with van der Waals surface area (Å²) in [5.74, 6) is 1.59. The van der Waals surface area contributed by atoms with Gasteiger partial charge in [0, 0.05) is 12.1 Å². The van der Waals surface area contributed by atoms with Crippen LogP contribution in [0.3, 0.4) is 0 Å². The predicted molar refractivity (Wildman–Crippen MR) is 95.6 cm³/mol. The van der Waals surface area contributed by atoms with Crippen LogP contribution >= 0.6 is 0 Å². The second kappa shape index (κ2) is 7.12. The van der Waals surface area contributed by atoms with E-state index >= 15 is 0 Å². The third kappa shape index (κ3) is 3.48. The topological polar surface area (TPSA) is 38.8 Å². The SMILES string of the molecule is COc1ccc2ccc(OCC(=O)N3[C@H](C)CCC[C@@H]3C)cc2c1. The van der Waals surface area contributed by atoms with Gasteiger partial charge in [0.2, 0.25) is 0 Å². The number of carbonyl (C=O) groups is 1. The average Bonchev–Trinajstić information content (AvgIpc) is 2.59. The lowest BCUT2D eigenvalue weighted by Crippen LogP contribution is -2.49. The lowest BCUT2D eigenvalue weighted by molar-refractivity contribution is -0.139. The van der Waals surface area contributed by atoms with E-state index in [-0.39, 0.29) is 12.5 Å². The molecule has 1 aliphatic rings. The molecule has 0 N–H and O–H groups in total. The predicted octanol–water partition coefficient (Wildman–Crippen LogP) is 4.02. The molecule has 1 amide bonds. The standard InChI is InChI=1S/C20H25NO3/c1-14-5-4-6-15(2)21(14)20(22)13-24-19-10-8-16-7-9-18(23-3)11-17(16)12-19/h7-12,14-15H,4-6,13H2,1-3H3/t14-,15+. The molecule has 1 fully saturated rings. The van der Waals surface area contributed by atoms with Crippen LogP contribution in [-0.2, 0) is 4.79 Å². The van der Waals surface area contributed by atoms with Crippen LogP contribution in [0.5, 0.6) is 11.5 Å². The first-order valence-corrected chi connectivity index (χ1v) is 8.60. The van der Waals surface area contributed by atoms with Gasteiger partial charge in [-0.05, 0) is 68.1 Å². The third-order valence-electron chi connectivity index (χ3n) is 4.86. The molecule has 128 valence electrons. The number of fused-ring (bicyclic) bond motifs is 1. The molecule has 2 aromatic carbocycles. The van der Waals surface area contributed by atoms with E-state index in [1.54, 1.807) is 7.11 Å². The normalized spacial score (nSPS) is 20.9. The maximum atomic E-state index is 12.5. The van der Waals surface area contributed by atoms with Gasteiger partial charge in [-0.3, -0.25) is 4.79 Å². The van der Waals surface area contributed by atoms with Crippen molar-refractivity contribution in [2.75, 3.05) is 13.7 Å². The Morgan fingerprint density at radius 1 is 1.04 bits per heavy atom. The van der Waals surface area contributed by atoms with Crippen LogP contribution in [0.1, 0.15) is 33.1 Å². The van der Waals surface area contributed by atoms with Gasteiger partial charge in [0.25, 0.3) is 5.91 Å². The zero-order valence-corrected chi connectivity index (χ0v) is 14.6. The van der Waals surface area contributed by atoms with Crippen LogP contribution in [0, 0.1) is 0 Å². The van der Waals surface area contributed by atoms with Gasteiger partial charge in [-0.1, -0.05) is 12.1 Å². The number of piperidine rings is 1. The monoisotopic (exact) mass is 327 g/mol. The molecule has 2 atom stereocenters. The highest BCUT2D eigenvalue weighted by molar-refractivity contribution is 5.85. The number of hydrogen-bond donors (Lipinski definition) is 0. The highest BCUT2D eigenvalue weighted by Gasteiger charge is 2.28. The Labute approximate surface area is 143 Å². The highest BCUT2D eigenvalue weighted by atomic mass is 16.5. The van der Waals surface area contributed by atoms with Crippen LogP contribution in [0.25, 0.3) is 10.8 Å². The quantitative estimate of drug-likeness (QED) is 0.851. The summed E-state index contributed by atoms with van der Waals surface area (Å²) in [4.78, 5) is 14.5. The van der Waals surface area contributed by atoms with E-state index in [0.717, 1.165) is 29.4 Å². The van der Waals surface area contributed by atoms with Gasteiger partial charge in [0.05, 0.1) is 7.11 Å². The van der Waals surface area contributed by atoms with Crippen molar-refractivity contribution >= 4 is 16.7 Å².